The quantitative estimate of drug-likeness (QED) is 0.870. The Bertz CT molecular complexity index is 788. The van der Waals surface area contributed by atoms with Crippen LogP contribution in [0.15, 0.2) is 30.3 Å². The Kier molecular flexibility index (Phi) is 5.43. The number of halogens is 3. The van der Waals surface area contributed by atoms with Gasteiger partial charge in [-0.15, -0.1) is 0 Å². The number of alkyl halides is 3. The minimum atomic E-state index is -4.40. The fourth-order valence-electron chi connectivity index (χ4n) is 3.23. The molecule has 2 heterocycles. The van der Waals surface area contributed by atoms with E-state index in [-0.39, 0.29) is 0 Å². The minimum Gasteiger partial charge on any atom is -0.350 e. The van der Waals surface area contributed by atoms with Gasteiger partial charge in [0.15, 0.2) is 0 Å². The van der Waals surface area contributed by atoms with Gasteiger partial charge in [-0.05, 0) is 19.1 Å². The van der Waals surface area contributed by atoms with Gasteiger partial charge in [0.1, 0.15) is 6.04 Å². The third-order valence-electron chi connectivity index (χ3n) is 4.52. The van der Waals surface area contributed by atoms with E-state index in [2.05, 4.69) is 15.6 Å². The number of hydrogen-bond donors (Lipinski definition) is 2. The molecule has 1 amide bonds. The van der Waals surface area contributed by atoms with Crippen LogP contribution in [0.3, 0.4) is 0 Å². The fraction of sp³-hybridized carbons (Fsp3) is 0.444. The molecule has 8 heteroatoms. The first-order valence-electron chi connectivity index (χ1n) is 8.52. The molecule has 5 nitrogen and oxygen atoms in total. The van der Waals surface area contributed by atoms with Gasteiger partial charge in [-0.25, -0.2) is 0 Å². The Labute approximate surface area is 149 Å². The molecule has 1 saturated heterocycles. The summed E-state index contributed by atoms with van der Waals surface area (Å²) in [6, 6.07) is 7.01. The third kappa shape index (κ3) is 4.13. The van der Waals surface area contributed by atoms with Crippen molar-refractivity contribution < 1.29 is 18.0 Å². The van der Waals surface area contributed by atoms with E-state index in [4.69, 9.17) is 0 Å². The summed E-state index contributed by atoms with van der Waals surface area (Å²) in [6.07, 6.45) is -4.40. The van der Waals surface area contributed by atoms with Crippen LogP contribution in [0.2, 0.25) is 0 Å². The lowest BCUT2D eigenvalue weighted by atomic mass is 10.1. The molecule has 1 aliphatic rings. The Balaban J connectivity index is 1.78. The standard InChI is InChI=1S/C18H21F3N4O/c1-12-10-14(13-4-2-3-5-15(13)24-12)17(26)23-11-16(18(19,20)21)25-8-6-22-7-9-25/h2-5,10,16,22H,6-9,11H2,1H3,(H,23,26). The van der Waals surface area contributed by atoms with Crippen LogP contribution in [0.4, 0.5) is 13.2 Å². The van der Waals surface area contributed by atoms with Crippen molar-refractivity contribution in [3.05, 3.63) is 41.6 Å². The molecule has 0 radical (unpaired) electrons. The second-order valence-electron chi connectivity index (χ2n) is 6.38. The molecule has 3 rings (SSSR count). The predicted octanol–water partition coefficient (Wildman–Crippen LogP) is 2.11. The van der Waals surface area contributed by atoms with Crippen molar-refractivity contribution in [2.75, 3.05) is 32.7 Å². The van der Waals surface area contributed by atoms with E-state index in [9.17, 15) is 18.0 Å². The summed E-state index contributed by atoms with van der Waals surface area (Å²) in [4.78, 5) is 18.3. The first kappa shape index (κ1) is 18.6. The van der Waals surface area contributed by atoms with E-state index < -0.39 is 24.7 Å². The van der Waals surface area contributed by atoms with Crippen LogP contribution in [0.5, 0.6) is 0 Å². The molecule has 2 N–H and O–H groups in total. The lowest BCUT2D eigenvalue weighted by molar-refractivity contribution is -0.183. The summed E-state index contributed by atoms with van der Waals surface area (Å²) in [5.41, 5.74) is 1.63. The number of fused-ring (bicyclic) bond motifs is 1. The van der Waals surface area contributed by atoms with Crippen molar-refractivity contribution in [1.82, 2.24) is 20.5 Å². The molecule has 1 unspecified atom stereocenters. The lowest BCUT2D eigenvalue weighted by Crippen LogP contribution is -2.57. The maximum Gasteiger partial charge on any atom is 0.405 e. The normalized spacial score (nSPS) is 17.2. The van der Waals surface area contributed by atoms with E-state index >= 15 is 0 Å². The summed E-state index contributed by atoms with van der Waals surface area (Å²) in [5, 5.41) is 6.13. The number of rotatable bonds is 4. The van der Waals surface area contributed by atoms with E-state index in [1.807, 2.05) is 0 Å². The average Bonchev–Trinajstić information content (AvgIpc) is 2.60. The van der Waals surface area contributed by atoms with Crippen molar-refractivity contribution in [2.24, 2.45) is 0 Å². The number of aryl methyl sites for hydroxylation is 1. The first-order valence-corrected chi connectivity index (χ1v) is 8.52. The van der Waals surface area contributed by atoms with Crippen molar-refractivity contribution in [2.45, 2.75) is 19.1 Å². The van der Waals surface area contributed by atoms with Gasteiger partial charge >= 0.3 is 6.18 Å². The predicted molar refractivity (Wildman–Crippen MR) is 93.1 cm³/mol. The lowest BCUT2D eigenvalue weighted by Gasteiger charge is -2.35. The number of benzene rings is 1. The second-order valence-corrected chi connectivity index (χ2v) is 6.38. The minimum absolute atomic E-state index is 0.303. The molecule has 0 bridgehead atoms. The number of nitrogens with one attached hydrogen (secondary N) is 2. The van der Waals surface area contributed by atoms with E-state index in [1.54, 1.807) is 37.3 Å². The van der Waals surface area contributed by atoms with Gasteiger partial charge in [0, 0.05) is 43.8 Å². The van der Waals surface area contributed by atoms with Crippen LogP contribution in [-0.4, -0.2) is 60.7 Å². The highest BCUT2D eigenvalue weighted by Gasteiger charge is 2.43. The topological polar surface area (TPSA) is 57.3 Å². The molecule has 0 spiro atoms. The summed E-state index contributed by atoms with van der Waals surface area (Å²) in [6.45, 7) is 2.90. The van der Waals surface area contributed by atoms with E-state index in [0.717, 1.165) is 0 Å². The molecule has 0 saturated carbocycles. The van der Waals surface area contributed by atoms with Gasteiger partial charge in [0.2, 0.25) is 0 Å². The van der Waals surface area contributed by atoms with Crippen LogP contribution in [0.25, 0.3) is 10.9 Å². The first-order chi connectivity index (χ1) is 12.4. The smallest absolute Gasteiger partial charge is 0.350 e. The third-order valence-corrected chi connectivity index (χ3v) is 4.52. The number of carbonyl (C=O) groups excluding carboxylic acids is 1. The number of piperazine rings is 1. The number of aromatic nitrogens is 1. The number of para-hydroxylation sites is 1. The zero-order chi connectivity index (χ0) is 18.7. The Morgan fingerprint density at radius 3 is 2.69 bits per heavy atom. The number of nitrogens with zero attached hydrogens (tertiary/aromatic N) is 2. The molecule has 1 aliphatic heterocycles. The summed E-state index contributed by atoms with van der Waals surface area (Å²) < 4.78 is 40.4. The van der Waals surface area contributed by atoms with Crippen LogP contribution >= 0.6 is 0 Å². The highest BCUT2D eigenvalue weighted by molar-refractivity contribution is 6.06. The van der Waals surface area contributed by atoms with Crippen LogP contribution in [0.1, 0.15) is 16.1 Å². The summed E-state index contributed by atoms with van der Waals surface area (Å²) in [5.74, 6) is -0.518. The largest absolute Gasteiger partial charge is 0.405 e. The van der Waals surface area contributed by atoms with Gasteiger partial charge in [-0.3, -0.25) is 14.7 Å². The van der Waals surface area contributed by atoms with Crippen LogP contribution in [0, 0.1) is 6.92 Å². The molecular weight excluding hydrogens is 345 g/mol. The van der Waals surface area contributed by atoms with Crippen LogP contribution in [-0.2, 0) is 0 Å². The fourth-order valence-corrected chi connectivity index (χ4v) is 3.23. The van der Waals surface area contributed by atoms with Crippen molar-refractivity contribution >= 4 is 16.8 Å². The van der Waals surface area contributed by atoms with E-state index in [0.29, 0.717) is 48.3 Å². The van der Waals surface area contributed by atoms with Gasteiger partial charge in [-0.1, -0.05) is 18.2 Å². The second kappa shape index (κ2) is 7.59. The molecule has 1 fully saturated rings. The number of hydrogen-bond acceptors (Lipinski definition) is 4. The van der Waals surface area contributed by atoms with E-state index in [1.165, 1.54) is 4.90 Å². The van der Waals surface area contributed by atoms with Crippen molar-refractivity contribution in [1.29, 1.82) is 0 Å². The van der Waals surface area contributed by atoms with Gasteiger partial charge in [0.05, 0.1) is 11.1 Å². The maximum absolute atomic E-state index is 13.5. The average molecular weight is 366 g/mol. The SMILES string of the molecule is Cc1cc(C(=O)NCC(N2CCNCC2)C(F)(F)F)c2ccccc2n1. The van der Waals surface area contributed by atoms with Gasteiger partial charge in [0.25, 0.3) is 5.91 Å². The zero-order valence-corrected chi connectivity index (χ0v) is 14.4. The Morgan fingerprint density at radius 2 is 2.00 bits per heavy atom. The molecule has 26 heavy (non-hydrogen) atoms. The van der Waals surface area contributed by atoms with Gasteiger partial charge in [-0.2, -0.15) is 13.2 Å². The Morgan fingerprint density at radius 1 is 1.31 bits per heavy atom. The number of carbonyl (C=O) groups is 1. The van der Waals surface area contributed by atoms with Crippen molar-refractivity contribution in [3.8, 4) is 0 Å². The molecular formula is C18H21F3N4O. The number of pyridine rings is 1. The Hall–Kier alpha value is -2.19. The molecule has 140 valence electrons. The number of amides is 1. The molecule has 1 aromatic carbocycles. The van der Waals surface area contributed by atoms with Crippen molar-refractivity contribution in [3.63, 3.8) is 0 Å². The summed E-state index contributed by atoms with van der Waals surface area (Å²) >= 11 is 0. The van der Waals surface area contributed by atoms with Crippen LogP contribution < -0.4 is 10.6 Å². The molecule has 1 aromatic heterocycles. The molecule has 0 aliphatic carbocycles. The zero-order valence-electron chi connectivity index (χ0n) is 14.4. The van der Waals surface area contributed by atoms with Gasteiger partial charge < -0.3 is 10.6 Å². The highest BCUT2D eigenvalue weighted by Crippen LogP contribution is 2.25. The monoisotopic (exact) mass is 366 g/mol. The molecule has 2 aromatic rings. The maximum atomic E-state index is 13.5. The summed E-state index contributed by atoms with van der Waals surface area (Å²) in [7, 11) is 0. The highest BCUT2D eigenvalue weighted by atomic mass is 19.4. The molecule has 1 atom stereocenters.